The van der Waals surface area contributed by atoms with E-state index in [9.17, 15) is 0 Å². The maximum absolute atomic E-state index is 6.12. The summed E-state index contributed by atoms with van der Waals surface area (Å²) >= 11 is 0. The van der Waals surface area contributed by atoms with Crippen LogP contribution in [0.3, 0.4) is 0 Å². The monoisotopic (exact) mass is 904 g/mol. The van der Waals surface area contributed by atoms with Crippen LogP contribution in [0, 0.1) is 0 Å². The molecule has 2 aliphatic carbocycles. The van der Waals surface area contributed by atoms with Crippen LogP contribution in [0.5, 0.6) is 0 Å². The largest absolute Gasteiger partial charge is 0.448 e. The fraction of sp³-hybridized carbons (Fsp3) is 0.0175. The Labute approximate surface area is 393 Å². The molecule has 4 aromatic carbocycles. The van der Waals surface area contributed by atoms with E-state index in [2.05, 4.69) is 72.8 Å². The van der Waals surface area contributed by atoms with E-state index in [1.54, 1.807) is 50.1 Å². The van der Waals surface area contributed by atoms with E-state index in [1.807, 2.05) is 117 Å². The zero-order valence-electron chi connectivity index (χ0n) is 36.3. The minimum atomic E-state index is -0.987. The van der Waals surface area contributed by atoms with Crippen molar-refractivity contribution in [1.29, 1.82) is 0 Å². The molecular weight excluding hydrogens is 869 g/mol. The van der Waals surface area contributed by atoms with Crippen LogP contribution in [0.2, 0.25) is 0 Å². The Morgan fingerprint density at radius 3 is 0.580 bits per heavy atom. The van der Waals surface area contributed by atoms with Gasteiger partial charge in [0.15, 0.2) is 0 Å². The summed E-state index contributed by atoms with van der Waals surface area (Å²) in [5, 5.41) is 0. The van der Waals surface area contributed by atoms with Gasteiger partial charge in [-0.2, -0.15) is 0 Å². The number of furan rings is 8. The van der Waals surface area contributed by atoms with E-state index in [0.29, 0.717) is 47.1 Å². The van der Waals surface area contributed by atoms with E-state index < -0.39 is 5.41 Å². The van der Waals surface area contributed by atoms with Gasteiger partial charge in [0, 0.05) is 48.5 Å². The van der Waals surface area contributed by atoms with Gasteiger partial charge in [0.2, 0.25) is 47.1 Å². The van der Waals surface area contributed by atoms with E-state index in [0.717, 1.165) is 67.3 Å². The van der Waals surface area contributed by atoms with Crippen LogP contribution in [0.15, 0.2) is 255 Å². The van der Waals surface area contributed by atoms with Gasteiger partial charge in [-0.25, -0.2) is 0 Å². The number of hydrogen-bond donors (Lipinski definition) is 0. The molecule has 1 spiro atoms. The third-order valence-corrected chi connectivity index (χ3v) is 13.1. The normalized spacial score (nSPS) is 12.8. The second kappa shape index (κ2) is 15.2. The summed E-state index contributed by atoms with van der Waals surface area (Å²) in [6.45, 7) is 0. The number of anilines is 12. The molecule has 0 amide bonds. The average Bonchev–Trinajstić information content (AvgIpc) is 4.23. The van der Waals surface area contributed by atoms with Crippen molar-refractivity contribution in [2.75, 3.05) is 19.6 Å². The minimum Gasteiger partial charge on any atom is -0.448 e. The van der Waals surface area contributed by atoms with Gasteiger partial charge in [-0.05, 0) is 142 Å². The molecule has 332 valence electrons. The van der Waals surface area contributed by atoms with Crippen LogP contribution in [0.1, 0.15) is 22.3 Å². The van der Waals surface area contributed by atoms with Crippen molar-refractivity contribution in [1.82, 2.24) is 0 Å². The molecule has 0 bridgehead atoms. The molecule has 2 aliphatic rings. The molecule has 8 aromatic heterocycles. The molecule has 14 rings (SSSR count). The highest BCUT2D eigenvalue weighted by molar-refractivity contribution is 5.99. The lowest BCUT2D eigenvalue weighted by molar-refractivity contribution is 0.539. The van der Waals surface area contributed by atoms with Crippen LogP contribution in [0.25, 0.3) is 22.3 Å². The predicted octanol–water partition coefficient (Wildman–Crippen LogP) is 16.7. The Morgan fingerprint density at radius 2 is 0.420 bits per heavy atom. The fourth-order valence-electron chi connectivity index (χ4n) is 10.4. The Bertz CT molecular complexity index is 3050. The van der Waals surface area contributed by atoms with Crippen molar-refractivity contribution in [2.45, 2.75) is 5.41 Å². The highest BCUT2D eigenvalue weighted by Gasteiger charge is 2.53. The molecule has 0 radical (unpaired) electrons. The standard InChI is InChI=1S/C57H36N4O8/c1-9-49(62-25-1)58(50-10-2-26-63-50)37-17-21-41-42-22-18-38(59(51-11-3-27-64-51)52-12-4-28-65-52)34-46(42)57(45(41)33-37)47-35-39(60(53-13-5-29-66-53)54-14-6-30-67-54)19-23-43(47)44-24-20-40(36-48(44)57)61(55-15-7-31-68-55)56-16-8-32-69-56/h1-36H. The lowest BCUT2D eigenvalue weighted by Gasteiger charge is -2.33. The van der Waals surface area contributed by atoms with Crippen molar-refractivity contribution >= 4 is 69.8 Å². The first-order chi connectivity index (χ1) is 34.2. The van der Waals surface area contributed by atoms with Gasteiger partial charge < -0.3 is 35.3 Å². The average molecular weight is 905 g/mol. The van der Waals surface area contributed by atoms with Crippen LogP contribution >= 0.6 is 0 Å². The summed E-state index contributed by atoms with van der Waals surface area (Å²) in [4.78, 5) is 7.97. The summed E-state index contributed by atoms with van der Waals surface area (Å²) in [6, 6.07) is 56.8. The Morgan fingerprint density at radius 1 is 0.232 bits per heavy atom. The Kier molecular flexibility index (Phi) is 8.49. The van der Waals surface area contributed by atoms with Crippen LogP contribution in [0.4, 0.5) is 69.8 Å². The number of nitrogens with zero attached hydrogens (tertiary/aromatic N) is 4. The Hall–Kier alpha value is -9.68. The second-order valence-electron chi connectivity index (χ2n) is 16.6. The number of hydrogen-bond acceptors (Lipinski definition) is 12. The van der Waals surface area contributed by atoms with Crippen LogP contribution in [-0.2, 0) is 5.41 Å². The minimum absolute atomic E-state index is 0.598. The molecule has 0 fully saturated rings. The molecule has 8 heterocycles. The van der Waals surface area contributed by atoms with Crippen molar-refractivity contribution in [2.24, 2.45) is 0 Å². The van der Waals surface area contributed by atoms with Crippen LogP contribution < -0.4 is 19.6 Å². The maximum Gasteiger partial charge on any atom is 0.206 e. The SMILES string of the molecule is c1coc(N(c2ccc3c(c2)C2(c4cc(N(c5ccco5)c5ccco5)ccc4-3)c3cc(N(c4ccco4)c4ccco4)ccc3-c3ccc(N(c4ccco4)c4ccco4)cc32)c2ccco2)c1. The van der Waals surface area contributed by atoms with E-state index in [1.165, 1.54) is 0 Å². The number of fused-ring (bicyclic) bond motifs is 10. The summed E-state index contributed by atoms with van der Waals surface area (Å²) in [5.74, 6) is 4.79. The third-order valence-electron chi connectivity index (χ3n) is 13.1. The van der Waals surface area contributed by atoms with Crippen molar-refractivity contribution in [3.63, 3.8) is 0 Å². The van der Waals surface area contributed by atoms with E-state index >= 15 is 0 Å². The summed E-state index contributed by atoms with van der Waals surface area (Å²) in [5.41, 5.74) is 10.7. The van der Waals surface area contributed by atoms with Gasteiger partial charge in [-0.15, -0.1) is 0 Å². The van der Waals surface area contributed by atoms with Gasteiger partial charge in [-0.1, -0.05) is 24.3 Å². The first-order valence-corrected chi connectivity index (χ1v) is 22.3. The third kappa shape index (κ3) is 5.82. The quantitative estimate of drug-likeness (QED) is 0.116. The zero-order chi connectivity index (χ0) is 45.5. The number of rotatable bonds is 12. The molecule has 12 aromatic rings. The lowest BCUT2D eigenvalue weighted by Crippen LogP contribution is -2.27. The van der Waals surface area contributed by atoms with E-state index in [-0.39, 0.29) is 0 Å². The molecule has 12 heteroatoms. The Balaban J connectivity index is 1.09. The lowest BCUT2D eigenvalue weighted by atomic mass is 9.70. The first kappa shape index (κ1) is 38.6. The van der Waals surface area contributed by atoms with Gasteiger partial charge in [-0.3, -0.25) is 19.6 Å². The van der Waals surface area contributed by atoms with Gasteiger partial charge in [0.1, 0.15) is 0 Å². The first-order valence-electron chi connectivity index (χ1n) is 22.3. The van der Waals surface area contributed by atoms with Crippen molar-refractivity contribution < 1.29 is 35.3 Å². The predicted molar refractivity (Wildman–Crippen MR) is 260 cm³/mol. The van der Waals surface area contributed by atoms with Crippen LogP contribution in [-0.4, -0.2) is 0 Å². The molecule has 0 saturated carbocycles. The van der Waals surface area contributed by atoms with Gasteiger partial charge >= 0.3 is 0 Å². The summed E-state index contributed by atoms with van der Waals surface area (Å²) in [6.07, 6.45) is 13.3. The highest BCUT2D eigenvalue weighted by Crippen LogP contribution is 2.65. The molecule has 0 atom stereocenters. The molecule has 0 aliphatic heterocycles. The second-order valence-corrected chi connectivity index (χ2v) is 16.6. The molecular formula is C57H36N4O8. The zero-order valence-corrected chi connectivity index (χ0v) is 36.3. The molecule has 12 nitrogen and oxygen atoms in total. The van der Waals surface area contributed by atoms with Crippen molar-refractivity contribution in [3.8, 4) is 22.3 Å². The van der Waals surface area contributed by atoms with Crippen molar-refractivity contribution in [3.05, 3.63) is 242 Å². The number of benzene rings is 4. The van der Waals surface area contributed by atoms with Gasteiger partial charge in [0.25, 0.3) is 0 Å². The highest BCUT2D eigenvalue weighted by atomic mass is 16.4. The van der Waals surface area contributed by atoms with Gasteiger partial charge in [0.05, 0.1) is 78.3 Å². The summed E-state index contributed by atoms with van der Waals surface area (Å²) in [7, 11) is 0. The van der Waals surface area contributed by atoms with E-state index in [4.69, 9.17) is 35.3 Å². The topological polar surface area (TPSA) is 118 Å². The molecule has 69 heavy (non-hydrogen) atoms. The molecule has 0 saturated heterocycles. The smallest absolute Gasteiger partial charge is 0.206 e. The molecule has 0 unspecified atom stereocenters. The summed E-state index contributed by atoms with van der Waals surface area (Å²) < 4.78 is 49.0. The molecule has 0 N–H and O–H groups in total. The fourth-order valence-corrected chi connectivity index (χ4v) is 10.4. The maximum atomic E-state index is 6.12.